The summed E-state index contributed by atoms with van der Waals surface area (Å²) in [6.07, 6.45) is 13.3. The fourth-order valence-corrected chi connectivity index (χ4v) is 4.94. The van der Waals surface area contributed by atoms with E-state index >= 15 is 0 Å². The van der Waals surface area contributed by atoms with Crippen molar-refractivity contribution in [2.75, 3.05) is 19.6 Å². The van der Waals surface area contributed by atoms with Gasteiger partial charge in [-0.1, -0.05) is 39.5 Å². The summed E-state index contributed by atoms with van der Waals surface area (Å²) in [7, 11) is 0. The van der Waals surface area contributed by atoms with Crippen molar-refractivity contribution in [2.24, 2.45) is 11.3 Å². The highest BCUT2D eigenvalue weighted by Crippen LogP contribution is 2.42. The molecule has 0 radical (unpaired) electrons. The standard InChI is InChI=1S/C18H34N2/c1-15(2)19-13-18(9-5-3-4-6-10-18)14-20-12-16-7-8-17(20)11-16/h15-17,19H,3-14H2,1-2H3. The molecule has 3 fully saturated rings. The molecule has 20 heavy (non-hydrogen) atoms. The van der Waals surface area contributed by atoms with E-state index in [0.29, 0.717) is 11.5 Å². The van der Waals surface area contributed by atoms with Crippen LogP contribution in [0.2, 0.25) is 0 Å². The van der Waals surface area contributed by atoms with E-state index in [1.807, 2.05) is 0 Å². The molecule has 0 spiro atoms. The first-order valence-electron chi connectivity index (χ1n) is 9.14. The maximum absolute atomic E-state index is 3.78. The van der Waals surface area contributed by atoms with E-state index in [1.54, 1.807) is 0 Å². The summed E-state index contributed by atoms with van der Waals surface area (Å²) in [5.41, 5.74) is 0.575. The van der Waals surface area contributed by atoms with Crippen molar-refractivity contribution >= 4 is 0 Å². The molecule has 3 rings (SSSR count). The van der Waals surface area contributed by atoms with Gasteiger partial charge >= 0.3 is 0 Å². The fraction of sp³-hybridized carbons (Fsp3) is 1.00. The SMILES string of the molecule is CC(C)NCC1(CN2CC3CCC2C3)CCCCCC1. The van der Waals surface area contributed by atoms with Gasteiger partial charge in [-0.2, -0.15) is 0 Å². The van der Waals surface area contributed by atoms with E-state index in [4.69, 9.17) is 0 Å². The van der Waals surface area contributed by atoms with Crippen molar-refractivity contribution in [3.8, 4) is 0 Å². The van der Waals surface area contributed by atoms with Crippen LogP contribution in [-0.4, -0.2) is 36.6 Å². The van der Waals surface area contributed by atoms with Gasteiger partial charge < -0.3 is 5.32 Å². The van der Waals surface area contributed by atoms with Gasteiger partial charge in [0, 0.05) is 31.7 Å². The minimum absolute atomic E-state index is 0.575. The maximum Gasteiger partial charge on any atom is 0.00988 e. The van der Waals surface area contributed by atoms with Crippen LogP contribution >= 0.6 is 0 Å². The lowest BCUT2D eigenvalue weighted by Crippen LogP contribution is -2.47. The number of nitrogens with one attached hydrogen (secondary N) is 1. The molecule has 1 aliphatic heterocycles. The highest BCUT2D eigenvalue weighted by atomic mass is 15.2. The van der Waals surface area contributed by atoms with E-state index in [2.05, 4.69) is 24.1 Å². The van der Waals surface area contributed by atoms with Crippen LogP contribution in [0.3, 0.4) is 0 Å². The number of fused-ring (bicyclic) bond motifs is 2. The number of hydrogen-bond donors (Lipinski definition) is 1. The Morgan fingerprint density at radius 1 is 1.10 bits per heavy atom. The molecule has 0 aromatic heterocycles. The smallest absolute Gasteiger partial charge is 0.00988 e. The van der Waals surface area contributed by atoms with Gasteiger partial charge in [0.25, 0.3) is 0 Å². The summed E-state index contributed by atoms with van der Waals surface area (Å²) in [6.45, 7) is 8.63. The summed E-state index contributed by atoms with van der Waals surface area (Å²) in [6, 6.07) is 1.57. The zero-order chi connectivity index (χ0) is 14.0. The third-order valence-electron chi connectivity index (χ3n) is 6.11. The lowest BCUT2D eigenvalue weighted by atomic mass is 9.79. The Labute approximate surface area is 125 Å². The number of nitrogens with zero attached hydrogens (tertiary/aromatic N) is 1. The lowest BCUT2D eigenvalue weighted by molar-refractivity contribution is 0.100. The predicted octanol–water partition coefficient (Wildman–Crippen LogP) is 3.81. The summed E-state index contributed by atoms with van der Waals surface area (Å²) in [5, 5.41) is 3.78. The van der Waals surface area contributed by atoms with Crippen molar-refractivity contribution < 1.29 is 0 Å². The van der Waals surface area contributed by atoms with Gasteiger partial charge in [0.1, 0.15) is 0 Å². The van der Waals surface area contributed by atoms with E-state index in [0.717, 1.165) is 12.0 Å². The van der Waals surface area contributed by atoms with Crippen LogP contribution < -0.4 is 5.32 Å². The van der Waals surface area contributed by atoms with Crippen LogP contribution in [-0.2, 0) is 0 Å². The summed E-state index contributed by atoms with van der Waals surface area (Å²) in [4.78, 5) is 2.88. The van der Waals surface area contributed by atoms with Gasteiger partial charge in [-0.25, -0.2) is 0 Å². The molecule has 2 unspecified atom stereocenters. The van der Waals surface area contributed by atoms with Crippen LogP contribution in [0.25, 0.3) is 0 Å². The van der Waals surface area contributed by atoms with E-state index in [-0.39, 0.29) is 0 Å². The lowest BCUT2D eigenvalue weighted by Gasteiger charge is -2.40. The molecule has 3 aliphatic rings. The second-order valence-electron chi connectivity index (χ2n) is 8.21. The summed E-state index contributed by atoms with van der Waals surface area (Å²) in [5.74, 6) is 1.04. The average molecular weight is 278 g/mol. The van der Waals surface area contributed by atoms with E-state index < -0.39 is 0 Å². The van der Waals surface area contributed by atoms with Gasteiger partial charge in [-0.15, -0.1) is 0 Å². The summed E-state index contributed by atoms with van der Waals surface area (Å²) >= 11 is 0. The van der Waals surface area contributed by atoms with Crippen molar-refractivity contribution in [3.63, 3.8) is 0 Å². The number of piperidine rings is 1. The maximum atomic E-state index is 3.78. The highest BCUT2D eigenvalue weighted by Gasteiger charge is 2.42. The second-order valence-corrected chi connectivity index (χ2v) is 8.21. The first kappa shape index (κ1) is 14.8. The zero-order valence-electron chi connectivity index (χ0n) is 13.7. The van der Waals surface area contributed by atoms with Crippen LogP contribution in [0, 0.1) is 11.3 Å². The monoisotopic (exact) mass is 278 g/mol. The van der Waals surface area contributed by atoms with Gasteiger partial charge in [-0.3, -0.25) is 4.90 Å². The molecule has 0 aromatic rings. The first-order chi connectivity index (χ1) is 9.67. The number of rotatable bonds is 5. The van der Waals surface area contributed by atoms with Crippen molar-refractivity contribution in [1.82, 2.24) is 10.2 Å². The third-order valence-corrected chi connectivity index (χ3v) is 6.11. The minimum Gasteiger partial charge on any atom is -0.314 e. The first-order valence-corrected chi connectivity index (χ1v) is 9.14. The molecule has 2 atom stereocenters. The molecule has 0 amide bonds. The Kier molecular flexibility index (Phi) is 4.72. The molecule has 1 heterocycles. The van der Waals surface area contributed by atoms with Gasteiger partial charge in [-0.05, 0) is 43.4 Å². The second kappa shape index (κ2) is 6.36. The van der Waals surface area contributed by atoms with Crippen molar-refractivity contribution in [2.45, 2.75) is 83.7 Å². The number of hydrogen-bond acceptors (Lipinski definition) is 2. The van der Waals surface area contributed by atoms with Crippen LogP contribution in [0.1, 0.15) is 71.6 Å². The van der Waals surface area contributed by atoms with Gasteiger partial charge in [0.2, 0.25) is 0 Å². The largest absolute Gasteiger partial charge is 0.314 e. The molecule has 2 nitrogen and oxygen atoms in total. The molecule has 1 saturated heterocycles. The Bertz CT molecular complexity index is 305. The zero-order valence-corrected chi connectivity index (χ0v) is 13.7. The van der Waals surface area contributed by atoms with E-state index in [1.165, 1.54) is 77.4 Å². The Balaban J connectivity index is 1.64. The Morgan fingerprint density at radius 3 is 2.40 bits per heavy atom. The molecule has 2 aliphatic carbocycles. The van der Waals surface area contributed by atoms with Gasteiger partial charge in [0.15, 0.2) is 0 Å². The van der Waals surface area contributed by atoms with Crippen LogP contribution in [0.15, 0.2) is 0 Å². The Morgan fingerprint density at radius 2 is 1.85 bits per heavy atom. The molecular formula is C18H34N2. The molecule has 0 aromatic carbocycles. The van der Waals surface area contributed by atoms with Crippen LogP contribution in [0.4, 0.5) is 0 Å². The normalized spacial score (nSPS) is 33.8. The fourth-order valence-electron chi connectivity index (χ4n) is 4.94. The van der Waals surface area contributed by atoms with Crippen LogP contribution in [0.5, 0.6) is 0 Å². The Hall–Kier alpha value is -0.0800. The average Bonchev–Trinajstić information content (AvgIpc) is 2.95. The molecular weight excluding hydrogens is 244 g/mol. The topological polar surface area (TPSA) is 15.3 Å². The third kappa shape index (κ3) is 3.39. The summed E-state index contributed by atoms with van der Waals surface area (Å²) < 4.78 is 0. The van der Waals surface area contributed by atoms with Crippen molar-refractivity contribution in [3.05, 3.63) is 0 Å². The molecule has 1 N–H and O–H groups in total. The highest BCUT2D eigenvalue weighted by molar-refractivity contribution is 4.96. The van der Waals surface area contributed by atoms with E-state index in [9.17, 15) is 0 Å². The predicted molar refractivity (Wildman–Crippen MR) is 86.0 cm³/mol. The minimum atomic E-state index is 0.575. The number of likely N-dealkylation sites (tertiary alicyclic amines) is 1. The van der Waals surface area contributed by atoms with Gasteiger partial charge in [0.05, 0.1) is 0 Å². The molecule has 2 heteroatoms. The molecule has 2 bridgehead atoms. The molecule has 2 saturated carbocycles. The quantitative estimate of drug-likeness (QED) is 0.769. The van der Waals surface area contributed by atoms with Crippen molar-refractivity contribution in [1.29, 1.82) is 0 Å². The molecule has 116 valence electrons.